The normalized spacial score (nSPS) is 13.7. The molecule has 0 radical (unpaired) electrons. The third-order valence-electron chi connectivity index (χ3n) is 7.08. The summed E-state index contributed by atoms with van der Waals surface area (Å²) in [5.41, 5.74) is 6.56. The van der Waals surface area contributed by atoms with Crippen LogP contribution in [0.15, 0.2) is 85.1 Å². The second-order valence-electron chi connectivity index (χ2n) is 9.87. The lowest BCUT2D eigenvalue weighted by molar-refractivity contribution is 0.0987. The van der Waals surface area contributed by atoms with Crippen molar-refractivity contribution >= 4 is 40.3 Å². The van der Waals surface area contributed by atoms with Crippen LogP contribution in [0, 0.1) is 6.92 Å². The van der Waals surface area contributed by atoms with Gasteiger partial charge in [-0.2, -0.15) is 0 Å². The molecule has 3 aromatic carbocycles. The maximum atomic E-state index is 12.9. The minimum absolute atomic E-state index is 0.104. The summed E-state index contributed by atoms with van der Waals surface area (Å²) in [5, 5.41) is 16.1. The van der Waals surface area contributed by atoms with Gasteiger partial charge in [-0.3, -0.25) is 9.59 Å². The number of aliphatic hydroxyl groups excluding tert-OH is 1. The van der Waals surface area contributed by atoms with Crippen LogP contribution in [0.3, 0.4) is 0 Å². The second-order valence-corrected chi connectivity index (χ2v) is 9.87. The molecule has 8 heteroatoms. The number of nitrogens with zero attached hydrogens (tertiary/aromatic N) is 2. The highest BCUT2D eigenvalue weighted by Gasteiger charge is 2.19. The lowest BCUT2D eigenvalue weighted by Gasteiger charge is -2.32. The van der Waals surface area contributed by atoms with Gasteiger partial charge in [0, 0.05) is 60.3 Å². The van der Waals surface area contributed by atoms with Crippen molar-refractivity contribution in [1.82, 2.24) is 4.98 Å². The number of nitrogens with one attached hydrogen (secondary N) is 3. The highest BCUT2D eigenvalue weighted by Crippen LogP contribution is 2.26. The van der Waals surface area contributed by atoms with Crippen molar-refractivity contribution in [3.05, 3.63) is 102 Å². The molecule has 8 nitrogen and oxygen atoms in total. The van der Waals surface area contributed by atoms with E-state index in [4.69, 9.17) is 0 Å². The summed E-state index contributed by atoms with van der Waals surface area (Å²) < 4.78 is 0. The Labute approximate surface area is 228 Å². The van der Waals surface area contributed by atoms with Gasteiger partial charge in [0.1, 0.15) is 5.69 Å². The number of aromatic amines is 1. The standard InChI is InChI=1S/C31H33N5O3/c1-21-20-22(5-14-29(21)36-18-15-27(37)16-19-36)30(38)34-25-8-6-23(7-9-25)33-24-10-12-26(13-11-24)35(2)31(39)28-4-3-17-32-28/h3-14,17,20,27,32-33,37H,15-16,18-19H2,1-2H3,(H,34,38). The smallest absolute Gasteiger partial charge is 0.274 e. The van der Waals surface area contributed by atoms with Gasteiger partial charge in [-0.25, -0.2) is 0 Å². The first-order valence-corrected chi connectivity index (χ1v) is 13.1. The topological polar surface area (TPSA) is 101 Å². The van der Waals surface area contributed by atoms with Crippen molar-refractivity contribution in [2.45, 2.75) is 25.9 Å². The van der Waals surface area contributed by atoms with Crippen LogP contribution in [0.4, 0.5) is 28.4 Å². The molecule has 0 aliphatic carbocycles. The number of hydrogen-bond acceptors (Lipinski definition) is 5. The zero-order chi connectivity index (χ0) is 27.4. The number of amides is 2. The quantitative estimate of drug-likeness (QED) is 0.254. The molecule has 1 aromatic heterocycles. The first-order chi connectivity index (χ1) is 18.9. The van der Waals surface area contributed by atoms with Gasteiger partial charge in [-0.05, 0) is 104 Å². The molecule has 5 rings (SSSR count). The zero-order valence-electron chi connectivity index (χ0n) is 22.1. The molecular weight excluding hydrogens is 490 g/mol. The molecule has 2 heterocycles. The van der Waals surface area contributed by atoms with Crippen LogP contribution in [-0.2, 0) is 0 Å². The second kappa shape index (κ2) is 11.4. The lowest BCUT2D eigenvalue weighted by Crippen LogP contribution is -2.36. The molecule has 2 amide bonds. The largest absolute Gasteiger partial charge is 0.393 e. The molecule has 1 saturated heterocycles. The number of anilines is 5. The van der Waals surface area contributed by atoms with E-state index < -0.39 is 0 Å². The first kappa shape index (κ1) is 26.1. The predicted molar refractivity (Wildman–Crippen MR) is 156 cm³/mol. The monoisotopic (exact) mass is 523 g/mol. The summed E-state index contributed by atoms with van der Waals surface area (Å²) in [6.07, 6.45) is 3.05. The molecule has 0 bridgehead atoms. The Morgan fingerprint density at radius 2 is 1.56 bits per heavy atom. The Morgan fingerprint density at radius 3 is 2.18 bits per heavy atom. The van der Waals surface area contributed by atoms with Gasteiger partial charge in [0.05, 0.1) is 6.10 Å². The van der Waals surface area contributed by atoms with E-state index in [0.717, 1.165) is 54.2 Å². The number of H-pyrrole nitrogens is 1. The lowest BCUT2D eigenvalue weighted by atomic mass is 10.0. The molecule has 1 aliphatic heterocycles. The van der Waals surface area contributed by atoms with Crippen LogP contribution in [0.25, 0.3) is 0 Å². The van der Waals surface area contributed by atoms with Gasteiger partial charge in [0.2, 0.25) is 0 Å². The van der Waals surface area contributed by atoms with Crippen molar-refractivity contribution < 1.29 is 14.7 Å². The number of aromatic nitrogens is 1. The predicted octanol–water partition coefficient (Wildman–Crippen LogP) is 5.56. The fourth-order valence-electron chi connectivity index (χ4n) is 4.79. The number of carbonyl (C=O) groups excluding carboxylic acids is 2. The Morgan fingerprint density at radius 1 is 0.923 bits per heavy atom. The van der Waals surface area contributed by atoms with Gasteiger partial charge in [0.15, 0.2) is 0 Å². The number of hydrogen-bond donors (Lipinski definition) is 4. The first-order valence-electron chi connectivity index (χ1n) is 13.1. The molecule has 0 unspecified atom stereocenters. The maximum absolute atomic E-state index is 12.9. The van der Waals surface area contributed by atoms with E-state index in [1.807, 2.05) is 73.7 Å². The van der Waals surface area contributed by atoms with Crippen molar-refractivity contribution in [2.75, 3.05) is 40.6 Å². The van der Waals surface area contributed by atoms with Crippen molar-refractivity contribution in [3.8, 4) is 0 Å². The average Bonchev–Trinajstić information content (AvgIpc) is 3.49. The molecule has 200 valence electrons. The number of benzene rings is 3. The average molecular weight is 524 g/mol. The van der Waals surface area contributed by atoms with E-state index in [0.29, 0.717) is 16.9 Å². The van der Waals surface area contributed by atoms with Gasteiger partial charge < -0.3 is 30.5 Å². The van der Waals surface area contributed by atoms with Crippen molar-refractivity contribution in [3.63, 3.8) is 0 Å². The minimum Gasteiger partial charge on any atom is -0.393 e. The van der Waals surface area contributed by atoms with Crippen LogP contribution < -0.4 is 20.4 Å². The molecule has 0 spiro atoms. The molecule has 0 saturated carbocycles. The minimum atomic E-state index is -0.215. The summed E-state index contributed by atoms with van der Waals surface area (Å²) in [4.78, 5) is 32.2. The maximum Gasteiger partial charge on any atom is 0.274 e. The number of aryl methyl sites for hydroxylation is 1. The SMILES string of the molecule is Cc1cc(C(=O)Nc2ccc(Nc3ccc(N(C)C(=O)c4ccc[nH]4)cc3)cc2)ccc1N1CCC(O)CC1. The summed E-state index contributed by atoms with van der Waals surface area (Å²) in [6.45, 7) is 3.66. The molecule has 0 atom stereocenters. The molecule has 4 aromatic rings. The van der Waals surface area contributed by atoms with Crippen LogP contribution in [0.2, 0.25) is 0 Å². The van der Waals surface area contributed by atoms with E-state index in [1.165, 1.54) is 0 Å². The Kier molecular flexibility index (Phi) is 7.65. The van der Waals surface area contributed by atoms with Crippen molar-refractivity contribution in [2.24, 2.45) is 0 Å². The zero-order valence-corrected chi connectivity index (χ0v) is 22.1. The van der Waals surface area contributed by atoms with Gasteiger partial charge in [-0.1, -0.05) is 0 Å². The van der Waals surface area contributed by atoms with Gasteiger partial charge in [-0.15, -0.1) is 0 Å². The van der Waals surface area contributed by atoms with E-state index >= 15 is 0 Å². The number of piperidine rings is 1. The van der Waals surface area contributed by atoms with E-state index in [2.05, 4.69) is 20.5 Å². The summed E-state index contributed by atoms with van der Waals surface area (Å²) in [5.74, 6) is -0.264. The fraction of sp³-hybridized carbons (Fsp3) is 0.226. The van der Waals surface area contributed by atoms with Gasteiger partial charge >= 0.3 is 0 Å². The summed E-state index contributed by atoms with van der Waals surface area (Å²) in [6, 6.07) is 24.5. The van der Waals surface area contributed by atoms with Crippen LogP contribution >= 0.6 is 0 Å². The molecule has 39 heavy (non-hydrogen) atoms. The Balaban J connectivity index is 1.17. The highest BCUT2D eigenvalue weighted by molar-refractivity contribution is 6.05. The van der Waals surface area contributed by atoms with E-state index in [-0.39, 0.29) is 17.9 Å². The van der Waals surface area contributed by atoms with E-state index in [9.17, 15) is 14.7 Å². The highest BCUT2D eigenvalue weighted by atomic mass is 16.3. The van der Waals surface area contributed by atoms with Crippen molar-refractivity contribution in [1.29, 1.82) is 0 Å². The summed E-state index contributed by atoms with van der Waals surface area (Å²) >= 11 is 0. The number of aliphatic hydroxyl groups is 1. The fourth-order valence-corrected chi connectivity index (χ4v) is 4.79. The number of rotatable bonds is 7. The molecule has 4 N–H and O–H groups in total. The van der Waals surface area contributed by atoms with Crippen LogP contribution in [0.5, 0.6) is 0 Å². The molecular formula is C31H33N5O3. The Hall–Kier alpha value is -4.56. The molecule has 1 aliphatic rings. The number of carbonyl (C=O) groups is 2. The van der Waals surface area contributed by atoms with Crippen LogP contribution in [-0.4, -0.2) is 48.1 Å². The van der Waals surface area contributed by atoms with Gasteiger partial charge in [0.25, 0.3) is 11.8 Å². The summed E-state index contributed by atoms with van der Waals surface area (Å²) in [7, 11) is 1.75. The van der Waals surface area contributed by atoms with E-state index in [1.54, 1.807) is 30.3 Å². The Bertz CT molecular complexity index is 1420. The molecule has 1 fully saturated rings. The van der Waals surface area contributed by atoms with Crippen LogP contribution in [0.1, 0.15) is 39.3 Å². The third kappa shape index (κ3) is 6.13. The third-order valence-corrected chi connectivity index (χ3v) is 7.08.